The Morgan fingerprint density at radius 1 is 0.815 bits per heavy atom. The van der Waals surface area contributed by atoms with Crippen LogP contribution in [0, 0.1) is 11.3 Å². The first-order valence-corrected chi connectivity index (χ1v) is 22.3. The van der Waals surface area contributed by atoms with Crippen molar-refractivity contribution in [3.63, 3.8) is 0 Å². The van der Waals surface area contributed by atoms with Gasteiger partial charge in [0, 0.05) is 5.92 Å². The maximum Gasteiger partial charge on any atom is 0.193 e. The molecule has 11 atom stereocenters. The molecular formula is C43H58O10Si. The maximum atomic E-state index is 12.2. The van der Waals surface area contributed by atoms with Crippen molar-refractivity contribution in [2.24, 2.45) is 11.3 Å². The van der Waals surface area contributed by atoms with Crippen molar-refractivity contribution in [2.75, 3.05) is 13.2 Å². The zero-order valence-corrected chi connectivity index (χ0v) is 33.4. The van der Waals surface area contributed by atoms with Crippen molar-refractivity contribution in [2.45, 2.75) is 133 Å². The first-order chi connectivity index (χ1) is 25.7. The Labute approximate surface area is 320 Å². The fourth-order valence-electron chi connectivity index (χ4n) is 8.96. The minimum absolute atomic E-state index is 0.00765. The molecule has 0 spiro atoms. The van der Waals surface area contributed by atoms with Crippen LogP contribution in [-0.2, 0) is 52.7 Å². The molecule has 0 aromatic heterocycles. The highest BCUT2D eigenvalue weighted by Gasteiger charge is 2.86. The lowest BCUT2D eigenvalue weighted by Crippen LogP contribution is -2.75. The fourth-order valence-corrected chi connectivity index (χ4v) is 10.3. The molecule has 294 valence electrons. The minimum Gasteiger partial charge on any atom is -0.414 e. The third kappa shape index (κ3) is 7.15. The topological polar surface area (TPSA) is 125 Å². The van der Waals surface area contributed by atoms with E-state index in [-0.39, 0.29) is 43.5 Å². The van der Waals surface area contributed by atoms with Gasteiger partial charge in [0.1, 0.15) is 30.0 Å². The van der Waals surface area contributed by atoms with E-state index in [1.165, 1.54) is 0 Å². The molecule has 2 aliphatic heterocycles. The fraction of sp³-hybridized carbons (Fsp3) is 0.581. The SMILES string of the molecule is CC1(O)O[C@@H]2C[C@@H](O[Si](C)(C)C(C)(C)C)[C@@H]3C[C@@]1(O[C@@H]1O[C@H](COCc4ccccc4)[C@@H](OCc4ccccc4)[C@H](OCc4ccccc4)[C@H]1O)[C@]23CO. The van der Waals surface area contributed by atoms with Crippen molar-refractivity contribution < 1.29 is 48.2 Å². The smallest absolute Gasteiger partial charge is 0.193 e. The van der Waals surface area contributed by atoms with Gasteiger partial charge in [0.15, 0.2) is 20.4 Å². The highest BCUT2D eigenvalue weighted by Crippen LogP contribution is 2.74. The number of benzene rings is 3. The zero-order valence-electron chi connectivity index (χ0n) is 32.4. The Kier molecular flexibility index (Phi) is 11.3. The summed E-state index contributed by atoms with van der Waals surface area (Å²) in [5, 5.41) is 35.5. The normalized spacial score (nSPS) is 36.2. The van der Waals surface area contributed by atoms with Gasteiger partial charge in [-0.2, -0.15) is 0 Å². The Bertz CT molecular complexity index is 1670. The largest absolute Gasteiger partial charge is 0.414 e. The Balaban J connectivity index is 1.18. The lowest BCUT2D eigenvalue weighted by Gasteiger charge is -2.62. The van der Waals surface area contributed by atoms with Crippen molar-refractivity contribution in [1.29, 1.82) is 0 Å². The molecule has 2 saturated heterocycles. The molecule has 0 radical (unpaired) electrons. The minimum atomic E-state index is -2.18. The molecule has 11 heteroatoms. The number of aliphatic hydroxyl groups excluding tert-OH is 2. The molecule has 4 fully saturated rings. The van der Waals surface area contributed by atoms with Crippen LogP contribution >= 0.6 is 0 Å². The average molecular weight is 763 g/mol. The number of ether oxygens (including phenoxy) is 6. The lowest BCUT2D eigenvalue weighted by atomic mass is 9.49. The molecule has 54 heavy (non-hydrogen) atoms. The summed E-state index contributed by atoms with van der Waals surface area (Å²) in [5.41, 5.74) is 0.540. The van der Waals surface area contributed by atoms with E-state index in [9.17, 15) is 15.3 Å². The molecule has 3 aromatic carbocycles. The third-order valence-corrected chi connectivity index (χ3v) is 17.4. The Morgan fingerprint density at radius 2 is 1.35 bits per heavy atom. The van der Waals surface area contributed by atoms with Crippen LogP contribution in [0.1, 0.15) is 57.2 Å². The average Bonchev–Trinajstić information content (AvgIpc) is 3.43. The molecule has 2 saturated carbocycles. The van der Waals surface area contributed by atoms with Crippen LogP contribution in [0.4, 0.5) is 0 Å². The zero-order chi connectivity index (χ0) is 38.4. The van der Waals surface area contributed by atoms with Crippen LogP contribution in [0.2, 0.25) is 18.1 Å². The molecule has 0 amide bonds. The predicted molar refractivity (Wildman–Crippen MR) is 204 cm³/mol. The maximum absolute atomic E-state index is 12.2. The molecular weight excluding hydrogens is 705 g/mol. The van der Waals surface area contributed by atoms with Crippen molar-refractivity contribution in [3.05, 3.63) is 108 Å². The van der Waals surface area contributed by atoms with Crippen molar-refractivity contribution in [3.8, 4) is 0 Å². The molecule has 3 N–H and O–H groups in total. The third-order valence-electron chi connectivity index (χ3n) is 12.9. The molecule has 0 bridgehead atoms. The van der Waals surface area contributed by atoms with Gasteiger partial charge in [0.05, 0.1) is 50.7 Å². The van der Waals surface area contributed by atoms with E-state index >= 15 is 0 Å². The van der Waals surface area contributed by atoms with Crippen molar-refractivity contribution >= 4 is 8.32 Å². The molecule has 2 heterocycles. The number of hydrogen-bond acceptors (Lipinski definition) is 10. The quantitative estimate of drug-likeness (QED) is 0.156. The van der Waals surface area contributed by atoms with E-state index in [0.717, 1.165) is 16.7 Å². The molecule has 4 aliphatic rings. The lowest BCUT2D eigenvalue weighted by molar-refractivity contribution is -0.405. The summed E-state index contributed by atoms with van der Waals surface area (Å²) in [6.07, 6.45) is -4.77. The first kappa shape index (κ1) is 39.7. The standard InChI is InChI=1S/C43H58O10Si/c1-40(2,3)54(5,6)53-33-22-35-42(28-44)32(33)23-43(42,41(4,46)51-35)52-39-36(45)38(49-26-31-20-14-9-15-21-31)37(48-25-30-18-12-8-13-19-30)34(50-39)27-47-24-29-16-10-7-11-17-29/h7-21,32-39,44-46H,22-28H2,1-6H3/t32-,33+,34+,35+,36+,37+,38+,39-,41?,42-,43-/m0/s1. The number of rotatable bonds is 15. The van der Waals surface area contributed by atoms with Gasteiger partial charge in [0.2, 0.25) is 0 Å². The number of aliphatic hydroxyl groups is 3. The van der Waals surface area contributed by atoms with E-state index in [0.29, 0.717) is 19.4 Å². The molecule has 10 nitrogen and oxygen atoms in total. The summed E-state index contributed by atoms with van der Waals surface area (Å²) < 4.78 is 46.4. The molecule has 3 aromatic rings. The molecule has 1 unspecified atom stereocenters. The second-order valence-electron chi connectivity index (χ2n) is 17.3. The summed E-state index contributed by atoms with van der Waals surface area (Å²) in [6, 6.07) is 29.5. The Hall–Kier alpha value is -2.52. The van der Waals surface area contributed by atoms with Crippen LogP contribution in [0.15, 0.2) is 91.0 Å². The predicted octanol–water partition coefficient (Wildman–Crippen LogP) is 6.12. The second-order valence-corrected chi connectivity index (χ2v) is 22.0. The van der Waals surface area contributed by atoms with Gasteiger partial charge in [-0.15, -0.1) is 0 Å². The van der Waals surface area contributed by atoms with E-state index in [2.05, 4.69) is 33.9 Å². The summed E-state index contributed by atoms with van der Waals surface area (Å²) in [4.78, 5) is 0. The van der Waals surface area contributed by atoms with Crippen LogP contribution in [0.25, 0.3) is 0 Å². The van der Waals surface area contributed by atoms with Gasteiger partial charge in [-0.25, -0.2) is 0 Å². The first-order valence-electron chi connectivity index (χ1n) is 19.3. The van der Waals surface area contributed by atoms with Crippen molar-refractivity contribution in [1.82, 2.24) is 0 Å². The van der Waals surface area contributed by atoms with Crippen LogP contribution < -0.4 is 0 Å². The van der Waals surface area contributed by atoms with Gasteiger partial charge in [-0.05, 0) is 54.6 Å². The van der Waals surface area contributed by atoms with Gasteiger partial charge in [-0.1, -0.05) is 112 Å². The van der Waals surface area contributed by atoms with Crippen LogP contribution in [-0.4, -0.2) is 91.2 Å². The molecule has 7 rings (SSSR count). The van der Waals surface area contributed by atoms with E-state index in [4.69, 9.17) is 32.8 Å². The highest BCUT2D eigenvalue weighted by molar-refractivity contribution is 6.74. The van der Waals surface area contributed by atoms with Gasteiger partial charge in [-0.3, -0.25) is 0 Å². The summed E-state index contributed by atoms with van der Waals surface area (Å²) in [7, 11) is -2.18. The van der Waals surface area contributed by atoms with Gasteiger partial charge >= 0.3 is 0 Å². The summed E-state index contributed by atoms with van der Waals surface area (Å²) in [6.45, 7) is 13.3. The Morgan fingerprint density at radius 3 is 1.89 bits per heavy atom. The summed E-state index contributed by atoms with van der Waals surface area (Å²) >= 11 is 0. The summed E-state index contributed by atoms with van der Waals surface area (Å²) in [5.74, 6) is -1.89. The van der Waals surface area contributed by atoms with E-state index in [1.54, 1.807) is 6.92 Å². The second kappa shape index (κ2) is 15.4. The highest BCUT2D eigenvalue weighted by atomic mass is 28.4. The number of hydrogen-bond donors (Lipinski definition) is 3. The van der Waals surface area contributed by atoms with E-state index < -0.39 is 61.9 Å². The molecule has 2 aliphatic carbocycles. The van der Waals surface area contributed by atoms with E-state index in [1.807, 2.05) is 91.0 Å². The van der Waals surface area contributed by atoms with Crippen LogP contribution in [0.3, 0.4) is 0 Å². The monoisotopic (exact) mass is 762 g/mol. The van der Waals surface area contributed by atoms with Gasteiger partial charge < -0.3 is 48.2 Å². The van der Waals surface area contributed by atoms with Gasteiger partial charge in [0.25, 0.3) is 0 Å². The van der Waals surface area contributed by atoms with Crippen LogP contribution in [0.5, 0.6) is 0 Å².